The molecule has 17 heavy (non-hydrogen) atoms. The molecule has 0 saturated heterocycles. The summed E-state index contributed by atoms with van der Waals surface area (Å²) in [7, 11) is 0. The molecule has 2 atom stereocenters. The van der Waals surface area contributed by atoms with Crippen molar-refractivity contribution in [1.82, 2.24) is 10.6 Å². The van der Waals surface area contributed by atoms with Crippen LogP contribution in [-0.4, -0.2) is 36.1 Å². The first-order valence-corrected chi connectivity index (χ1v) is 6.38. The number of carbonyl (C=O) groups excluding carboxylic acids is 1. The third kappa shape index (κ3) is 4.00. The highest BCUT2D eigenvalue weighted by atomic mass is 16.4. The Bertz CT molecular complexity index is 302. The summed E-state index contributed by atoms with van der Waals surface area (Å²) in [4.78, 5) is 22.3. The van der Waals surface area contributed by atoms with Gasteiger partial charge < -0.3 is 15.7 Å². The summed E-state index contributed by atoms with van der Waals surface area (Å²) in [6.07, 6.45) is 4.58. The maximum Gasteiger partial charge on any atom is 0.306 e. The first-order valence-electron chi connectivity index (χ1n) is 6.38. The molecule has 2 saturated carbocycles. The molecule has 2 rings (SSSR count). The van der Waals surface area contributed by atoms with E-state index >= 15 is 0 Å². The molecule has 2 aliphatic carbocycles. The van der Waals surface area contributed by atoms with Gasteiger partial charge in [0.05, 0.1) is 12.5 Å². The van der Waals surface area contributed by atoms with Gasteiger partial charge in [-0.05, 0) is 44.6 Å². The lowest BCUT2D eigenvalue weighted by Crippen LogP contribution is -2.40. The lowest BCUT2D eigenvalue weighted by atomic mass is 10.1. The summed E-state index contributed by atoms with van der Waals surface area (Å²) in [6, 6.07) is 0.0475. The van der Waals surface area contributed by atoms with E-state index in [2.05, 4.69) is 10.6 Å². The van der Waals surface area contributed by atoms with Gasteiger partial charge in [0.1, 0.15) is 0 Å². The van der Waals surface area contributed by atoms with Crippen molar-refractivity contribution in [2.75, 3.05) is 13.1 Å². The van der Waals surface area contributed by atoms with Gasteiger partial charge >= 0.3 is 5.97 Å². The van der Waals surface area contributed by atoms with Crippen LogP contribution in [0.15, 0.2) is 0 Å². The van der Waals surface area contributed by atoms with Gasteiger partial charge in [0.15, 0.2) is 0 Å². The van der Waals surface area contributed by atoms with Crippen LogP contribution >= 0.6 is 0 Å². The Hall–Kier alpha value is -1.10. The number of carboxylic acids is 1. The van der Waals surface area contributed by atoms with E-state index in [1.807, 2.05) is 0 Å². The largest absolute Gasteiger partial charge is 0.481 e. The van der Waals surface area contributed by atoms with Gasteiger partial charge in [0.25, 0.3) is 0 Å². The molecule has 0 spiro atoms. The number of amides is 1. The van der Waals surface area contributed by atoms with Crippen LogP contribution in [0.3, 0.4) is 0 Å². The van der Waals surface area contributed by atoms with E-state index < -0.39 is 5.97 Å². The minimum absolute atomic E-state index is 0.0123. The molecular formula is C12H20N2O3. The van der Waals surface area contributed by atoms with Gasteiger partial charge in [0, 0.05) is 6.04 Å². The molecule has 1 amide bonds. The molecule has 0 radical (unpaired) electrons. The molecule has 96 valence electrons. The van der Waals surface area contributed by atoms with Crippen LogP contribution < -0.4 is 10.6 Å². The van der Waals surface area contributed by atoms with E-state index in [4.69, 9.17) is 5.11 Å². The molecule has 5 heteroatoms. The number of nitrogens with one attached hydrogen (secondary N) is 2. The molecule has 2 unspecified atom stereocenters. The quantitative estimate of drug-likeness (QED) is 0.626. The van der Waals surface area contributed by atoms with Crippen molar-refractivity contribution < 1.29 is 14.7 Å². The highest BCUT2D eigenvalue weighted by Gasteiger charge is 2.30. The first kappa shape index (κ1) is 12.4. The topological polar surface area (TPSA) is 78.4 Å². The average molecular weight is 240 g/mol. The Kier molecular flexibility index (Phi) is 3.99. The molecule has 2 fully saturated rings. The van der Waals surface area contributed by atoms with E-state index in [9.17, 15) is 9.59 Å². The van der Waals surface area contributed by atoms with Crippen molar-refractivity contribution in [2.45, 2.75) is 38.1 Å². The fourth-order valence-corrected chi connectivity index (χ4v) is 2.33. The third-order valence-corrected chi connectivity index (χ3v) is 3.56. The van der Waals surface area contributed by atoms with Crippen molar-refractivity contribution in [3.05, 3.63) is 0 Å². The molecule has 5 nitrogen and oxygen atoms in total. The first-order chi connectivity index (χ1) is 8.15. The predicted molar refractivity (Wildman–Crippen MR) is 62.5 cm³/mol. The van der Waals surface area contributed by atoms with Crippen molar-refractivity contribution in [2.24, 2.45) is 11.8 Å². The van der Waals surface area contributed by atoms with Crippen LogP contribution in [0, 0.1) is 11.8 Å². The number of aliphatic carboxylic acids is 1. The smallest absolute Gasteiger partial charge is 0.306 e. The van der Waals surface area contributed by atoms with Crippen LogP contribution in [0.5, 0.6) is 0 Å². The molecule has 0 aliphatic heterocycles. The Morgan fingerprint density at radius 2 is 1.94 bits per heavy atom. The van der Waals surface area contributed by atoms with Crippen molar-refractivity contribution in [3.8, 4) is 0 Å². The number of carboxylic acid groups (broad SMARTS) is 1. The van der Waals surface area contributed by atoms with Crippen molar-refractivity contribution in [3.63, 3.8) is 0 Å². The molecule has 0 aromatic rings. The second-order valence-electron chi connectivity index (χ2n) is 5.19. The van der Waals surface area contributed by atoms with Crippen LogP contribution in [0.25, 0.3) is 0 Å². The van der Waals surface area contributed by atoms with Crippen LogP contribution in [0.2, 0.25) is 0 Å². The maximum atomic E-state index is 11.6. The molecule has 0 aromatic carbocycles. The van der Waals surface area contributed by atoms with E-state index in [-0.39, 0.29) is 17.9 Å². The number of carbonyl (C=O) groups is 2. The Labute approximate surface area is 101 Å². The standard InChI is InChI=1S/C12H20N2O3/c15-11(7-13-6-8-1-2-8)14-10-4-3-9(5-10)12(16)17/h8-10,13H,1-7H2,(H,14,15)(H,16,17). The number of rotatable bonds is 6. The lowest BCUT2D eigenvalue weighted by molar-refractivity contribution is -0.141. The molecule has 2 aliphatic rings. The van der Waals surface area contributed by atoms with Gasteiger partial charge in [-0.1, -0.05) is 0 Å². The van der Waals surface area contributed by atoms with Crippen LogP contribution in [-0.2, 0) is 9.59 Å². The molecule has 0 bridgehead atoms. The van der Waals surface area contributed by atoms with Crippen LogP contribution in [0.1, 0.15) is 32.1 Å². The normalized spacial score (nSPS) is 28.0. The maximum absolute atomic E-state index is 11.6. The summed E-state index contributed by atoms with van der Waals surface area (Å²) >= 11 is 0. The minimum atomic E-state index is -0.742. The molecular weight excluding hydrogens is 220 g/mol. The Morgan fingerprint density at radius 3 is 2.53 bits per heavy atom. The zero-order valence-corrected chi connectivity index (χ0v) is 9.95. The van der Waals surface area contributed by atoms with E-state index in [1.54, 1.807) is 0 Å². The van der Waals surface area contributed by atoms with Gasteiger partial charge in [-0.3, -0.25) is 9.59 Å². The number of hydrogen-bond donors (Lipinski definition) is 3. The Balaban J connectivity index is 1.59. The fraction of sp³-hybridized carbons (Fsp3) is 0.833. The molecule has 3 N–H and O–H groups in total. The summed E-state index contributed by atoms with van der Waals surface area (Å²) < 4.78 is 0. The summed E-state index contributed by atoms with van der Waals surface area (Å²) in [5.74, 6) is -0.263. The van der Waals surface area contributed by atoms with E-state index in [0.29, 0.717) is 19.4 Å². The second kappa shape index (κ2) is 5.49. The average Bonchev–Trinajstić information content (AvgIpc) is 2.96. The lowest BCUT2D eigenvalue weighted by Gasteiger charge is -2.12. The van der Waals surface area contributed by atoms with Crippen LogP contribution in [0.4, 0.5) is 0 Å². The fourth-order valence-electron chi connectivity index (χ4n) is 2.33. The highest BCUT2D eigenvalue weighted by Crippen LogP contribution is 2.27. The molecule has 0 aromatic heterocycles. The van der Waals surface area contributed by atoms with E-state index in [1.165, 1.54) is 12.8 Å². The summed E-state index contributed by atoms with van der Waals surface area (Å²) in [6.45, 7) is 1.28. The molecule has 0 heterocycles. The van der Waals surface area contributed by atoms with Gasteiger partial charge in [-0.2, -0.15) is 0 Å². The van der Waals surface area contributed by atoms with Crippen molar-refractivity contribution >= 4 is 11.9 Å². The Morgan fingerprint density at radius 1 is 1.18 bits per heavy atom. The summed E-state index contributed by atoms with van der Waals surface area (Å²) in [5, 5.41) is 14.9. The number of hydrogen-bond acceptors (Lipinski definition) is 3. The zero-order chi connectivity index (χ0) is 12.3. The predicted octanol–water partition coefficient (Wildman–Crippen LogP) is 0.355. The second-order valence-corrected chi connectivity index (χ2v) is 5.19. The monoisotopic (exact) mass is 240 g/mol. The SMILES string of the molecule is O=C(CNCC1CC1)NC1CCC(C(=O)O)C1. The van der Waals surface area contributed by atoms with Gasteiger partial charge in [-0.25, -0.2) is 0 Å². The van der Waals surface area contributed by atoms with Gasteiger partial charge in [-0.15, -0.1) is 0 Å². The zero-order valence-electron chi connectivity index (χ0n) is 9.95. The van der Waals surface area contributed by atoms with E-state index in [0.717, 1.165) is 18.9 Å². The van der Waals surface area contributed by atoms with Gasteiger partial charge in [0.2, 0.25) is 5.91 Å². The van der Waals surface area contributed by atoms with Crippen molar-refractivity contribution in [1.29, 1.82) is 0 Å². The highest BCUT2D eigenvalue weighted by molar-refractivity contribution is 5.78. The minimum Gasteiger partial charge on any atom is -0.481 e. The third-order valence-electron chi connectivity index (χ3n) is 3.56. The summed E-state index contributed by atoms with van der Waals surface area (Å²) in [5.41, 5.74) is 0.